The maximum atomic E-state index is 9.07. The van der Waals surface area contributed by atoms with E-state index in [1.807, 2.05) is 0 Å². The lowest BCUT2D eigenvalue weighted by Gasteiger charge is -2.33. The van der Waals surface area contributed by atoms with Crippen LogP contribution in [0.2, 0.25) is 0 Å². The minimum atomic E-state index is -0.250. The Bertz CT molecular complexity index is 211. The lowest BCUT2D eigenvalue weighted by molar-refractivity contribution is 0.0217. The van der Waals surface area contributed by atoms with Crippen molar-refractivity contribution in [1.29, 1.82) is 5.26 Å². The summed E-state index contributed by atoms with van der Waals surface area (Å²) < 4.78 is 5.22. The molecule has 1 aliphatic rings. The number of hydrogen-bond acceptors (Lipinski definition) is 5. The van der Waals surface area contributed by atoms with Gasteiger partial charge in [0.15, 0.2) is 0 Å². The normalized spacial score (nSPS) is 21.9. The van der Waals surface area contributed by atoms with Crippen LogP contribution in [0.3, 0.4) is 0 Å². The molecule has 0 amide bonds. The minimum absolute atomic E-state index is 0.134. The van der Waals surface area contributed by atoms with Gasteiger partial charge in [0.05, 0.1) is 19.3 Å². The Morgan fingerprint density at radius 2 is 2.13 bits per heavy atom. The van der Waals surface area contributed by atoms with Gasteiger partial charge in [0, 0.05) is 25.7 Å². The lowest BCUT2D eigenvalue weighted by Crippen LogP contribution is -2.51. The topological polar surface area (TPSA) is 82.5 Å². The van der Waals surface area contributed by atoms with Crippen molar-refractivity contribution in [3.8, 4) is 6.07 Å². The fraction of sp³-hybridized carbons (Fsp3) is 0.900. The Kier molecular flexibility index (Phi) is 5.58. The first-order valence-electron chi connectivity index (χ1n) is 5.37. The molecule has 1 fully saturated rings. The highest BCUT2D eigenvalue weighted by Gasteiger charge is 2.25. The third kappa shape index (κ3) is 3.76. The van der Waals surface area contributed by atoms with Crippen molar-refractivity contribution in [2.45, 2.75) is 24.9 Å². The summed E-state index contributed by atoms with van der Waals surface area (Å²) in [5.74, 6) is 0. The monoisotopic (exact) mass is 213 g/mol. The van der Waals surface area contributed by atoms with Gasteiger partial charge < -0.3 is 15.6 Å². The molecule has 1 aliphatic heterocycles. The smallest absolute Gasteiger partial charge is 0.113 e. The van der Waals surface area contributed by atoms with Gasteiger partial charge in [-0.15, -0.1) is 0 Å². The van der Waals surface area contributed by atoms with Crippen LogP contribution in [0.25, 0.3) is 0 Å². The summed E-state index contributed by atoms with van der Waals surface area (Å²) in [6.45, 7) is 3.01. The van der Waals surface area contributed by atoms with Crippen LogP contribution in [0, 0.1) is 11.3 Å². The summed E-state index contributed by atoms with van der Waals surface area (Å²) in [6.07, 6.45) is 1.34. The fourth-order valence-electron chi connectivity index (χ4n) is 1.79. The zero-order valence-corrected chi connectivity index (χ0v) is 8.93. The van der Waals surface area contributed by atoms with E-state index in [9.17, 15) is 0 Å². The van der Waals surface area contributed by atoms with E-state index in [0.29, 0.717) is 26.1 Å². The minimum Gasteiger partial charge on any atom is -0.396 e. The summed E-state index contributed by atoms with van der Waals surface area (Å²) in [5.41, 5.74) is 5.93. The molecule has 15 heavy (non-hydrogen) atoms. The van der Waals surface area contributed by atoms with Gasteiger partial charge in [0.25, 0.3) is 0 Å². The molecule has 5 heteroatoms. The van der Waals surface area contributed by atoms with Crippen LogP contribution in [-0.4, -0.2) is 55.0 Å². The summed E-state index contributed by atoms with van der Waals surface area (Å²) in [5, 5.41) is 17.8. The van der Waals surface area contributed by atoms with Gasteiger partial charge in [0.1, 0.15) is 6.04 Å². The Labute approximate surface area is 90.4 Å². The molecule has 3 N–H and O–H groups in total. The van der Waals surface area contributed by atoms with Gasteiger partial charge in [0.2, 0.25) is 0 Å². The van der Waals surface area contributed by atoms with Crippen molar-refractivity contribution in [3.63, 3.8) is 0 Å². The molecule has 2 atom stereocenters. The first-order chi connectivity index (χ1) is 7.29. The summed E-state index contributed by atoms with van der Waals surface area (Å²) in [6, 6.07) is 1.81. The van der Waals surface area contributed by atoms with E-state index in [0.717, 1.165) is 13.1 Å². The number of aliphatic hydroxyl groups is 1. The number of aliphatic hydroxyl groups excluding tert-OH is 1. The molecule has 0 aliphatic carbocycles. The van der Waals surface area contributed by atoms with Gasteiger partial charge in [-0.25, -0.2) is 0 Å². The quantitative estimate of drug-likeness (QED) is 0.631. The van der Waals surface area contributed by atoms with Crippen LogP contribution < -0.4 is 5.73 Å². The molecule has 1 unspecified atom stereocenters. The van der Waals surface area contributed by atoms with Gasteiger partial charge in [-0.1, -0.05) is 0 Å². The highest BCUT2D eigenvalue weighted by atomic mass is 16.5. The molecule has 0 radical (unpaired) electrons. The molecule has 0 aromatic heterocycles. The molecule has 0 saturated carbocycles. The maximum absolute atomic E-state index is 9.07. The number of nitriles is 1. The molecule has 5 nitrogen and oxygen atoms in total. The largest absolute Gasteiger partial charge is 0.396 e. The molecule has 0 bridgehead atoms. The van der Waals surface area contributed by atoms with E-state index >= 15 is 0 Å². The second kappa shape index (κ2) is 6.75. The Morgan fingerprint density at radius 3 is 2.67 bits per heavy atom. The Morgan fingerprint density at radius 1 is 1.47 bits per heavy atom. The highest BCUT2D eigenvalue weighted by molar-refractivity contribution is 4.99. The van der Waals surface area contributed by atoms with Crippen LogP contribution in [0.1, 0.15) is 12.8 Å². The maximum Gasteiger partial charge on any atom is 0.113 e. The van der Waals surface area contributed by atoms with E-state index in [-0.39, 0.29) is 18.7 Å². The number of hydrogen-bond donors (Lipinski definition) is 2. The van der Waals surface area contributed by atoms with Crippen molar-refractivity contribution in [1.82, 2.24) is 4.90 Å². The van der Waals surface area contributed by atoms with Gasteiger partial charge in [-0.3, -0.25) is 4.90 Å². The third-order valence-electron chi connectivity index (χ3n) is 2.67. The van der Waals surface area contributed by atoms with Crippen LogP contribution in [0.15, 0.2) is 0 Å². The second-order valence-corrected chi connectivity index (χ2v) is 3.75. The summed E-state index contributed by atoms with van der Waals surface area (Å²) in [7, 11) is 0. The molecule has 0 aromatic rings. The van der Waals surface area contributed by atoms with Crippen LogP contribution in [0.5, 0.6) is 0 Å². The number of morpholine rings is 1. The van der Waals surface area contributed by atoms with Crippen molar-refractivity contribution >= 4 is 0 Å². The van der Waals surface area contributed by atoms with E-state index < -0.39 is 0 Å². The van der Waals surface area contributed by atoms with E-state index in [1.165, 1.54) is 0 Å². The summed E-state index contributed by atoms with van der Waals surface area (Å²) >= 11 is 0. The molecule has 1 heterocycles. The van der Waals surface area contributed by atoms with Gasteiger partial charge >= 0.3 is 0 Å². The summed E-state index contributed by atoms with van der Waals surface area (Å²) in [4.78, 5) is 2.06. The molecular weight excluding hydrogens is 194 g/mol. The zero-order chi connectivity index (χ0) is 11.1. The molecular formula is C10H19N3O2. The van der Waals surface area contributed by atoms with Crippen molar-refractivity contribution in [2.75, 3.05) is 32.9 Å². The van der Waals surface area contributed by atoms with E-state index in [4.69, 9.17) is 20.8 Å². The number of nitrogens with two attached hydrogens (primary N) is 1. The van der Waals surface area contributed by atoms with Gasteiger partial charge in [-0.2, -0.15) is 5.26 Å². The molecule has 1 saturated heterocycles. The SMILES string of the molecule is N#CC([C@@H](N)CCCO)N1CCOCC1. The van der Waals surface area contributed by atoms with Crippen LogP contribution in [0.4, 0.5) is 0 Å². The average molecular weight is 213 g/mol. The number of rotatable bonds is 5. The fourth-order valence-corrected chi connectivity index (χ4v) is 1.79. The molecule has 86 valence electrons. The zero-order valence-electron chi connectivity index (χ0n) is 8.93. The van der Waals surface area contributed by atoms with Crippen molar-refractivity contribution in [3.05, 3.63) is 0 Å². The van der Waals surface area contributed by atoms with Crippen molar-refractivity contribution < 1.29 is 9.84 Å². The number of nitrogens with zero attached hydrogens (tertiary/aromatic N) is 2. The predicted molar refractivity (Wildman–Crippen MR) is 56.1 cm³/mol. The average Bonchev–Trinajstić information content (AvgIpc) is 2.29. The lowest BCUT2D eigenvalue weighted by atomic mass is 10.0. The Balaban J connectivity index is 2.42. The highest BCUT2D eigenvalue weighted by Crippen LogP contribution is 2.09. The van der Waals surface area contributed by atoms with E-state index in [1.54, 1.807) is 0 Å². The standard InChI is InChI=1S/C10H19N3O2/c11-8-10(9(12)2-1-5-14)13-3-6-15-7-4-13/h9-10,14H,1-7,12H2/t9-,10?/m0/s1. The van der Waals surface area contributed by atoms with Crippen LogP contribution >= 0.6 is 0 Å². The first kappa shape index (κ1) is 12.4. The molecule has 0 aromatic carbocycles. The third-order valence-corrected chi connectivity index (χ3v) is 2.67. The van der Waals surface area contributed by atoms with Crippen LogP contribution in [-0.2, 0) is 4.74 Å². The molecule has 1 rings (SSSR count). The molecule has 0 spiro atoms. The van der Waals surface area contributed by atoms with E-state index in [2.05, 4.69) is 11.0 Å². The second-order valence-electron chi connectivity index (χ2n) is 3.75. The number of ether oxygens (including phenoxy) is 1. The van der Waals surface area contributed by atoms with Crippen molar-refractivity contribution in [2.24, 2.45) is 5.73 Å². The van der Waals surface area contributed by atoms with Gasteiger partial charge in [-0.05, 0) is 12.8 Å². The predicted octanol–water partition coefficient (Wildman–Crippen LogP) is -0.689. The Hall–Kier alpha value is -0.670. The first-order valence-corrected chi connectivity index (χ1v) is 5.37.